The highest BCUT2D eigenvalue weighted by Gasteiger charge is 2.40. The van der Waals surface area contributed by atoms with Gasteiger partial charge in [-0.25, -0.2) is 13.1 Å². The predicted molar refractivity (Wildman–Crippen MR) is 108 cm³/mol. The second kappa shape index (κ2) is 8.90. The van der Waals surface area contributed by atoms with Gasteiger partial charge in [0.05, 0.1) is 12.0 Å². The second-order valence-corrected chi connectivity index (χ2v) is 9.47. The highest BCUT2D eigenvalue weighted by molar-refractivity contribution is 7.89. The van der Waals surface area contributed by atoms with Crippen molar-refractivity contribution in [2.24, 2.45) is 11.8 Å². The van der Waals surface area contributed by atoms with Gasteiger partial charge in [-0.2, -0.15) is 0 Å². The molecule has 1 N–H and O–H groups in total. The number of sulfonamides is 1. The second-order valence-electron chi connectivity index (χ2n) is 7.71. The third kappa shape index (κ3) is 4.83. The van der Waals surface area contributed by atoms with Crippen LogP contribution in [0.3, 0.4) is 0 Å². The summed E-state index contributed by atoms with van der Waals surface area (Å²) < 4.78 is 33.1. The molecule has 4 rings (SSSR count). The number of hydrogen-bond acceptors (Lipinski definition) is 5. The van der Waals surface area contributed by atoms with E-state index in [9.17, 15) is 8.42 Å². The quantitative estimate of drug-likeness (QED) is 0.693. The van der Waals surface area contributed by atoms with E-state index in [-0.39, 0.29) is 0 Å². The van der Waals surface area contributed by atoms with E-state index >= 15 is 0 Å². The lowest BCUT2D eigenvalue weighted by Gasteiger charge is -2.50. The normalized spacial score (nSPS) is 27.9. The largest absolute Gasteiger partial charge is 0.497 e. The number of fused-ring (bicyclic) bond motifs is 3. The molecule has 3 fully saturated rings. The van der Waals surface area contributed by atoms with E-state index in [2.05, 4.69) is 28.4 Å². The Morgan fingerprint density at radius 2 is 1.93 bits per heavy atom. The van der Waals surface area contributed by atoms with Gasteiger partial charge in [-0.05, 0) is 68.6 Å². The summed E-state index contributed by atoms with van der Waals surface area (Å²) in [5.74, 6) is 2.09. The zero-order chi connectivity index (χ0) is 19.4. The molecule has 3 saturated heterocycles. The van der Waals surface area contributed by atoms with Gasteiger partial charge < -0.3 is 9.64 Å². The topological polar surface area (TPSA) is 61.9 Å². The summed E-state index contributed by atoms with van der Waals surface area (Å²) in [7, 11) is -1.91. The smallest absolute Gasteiger partial charge is 0.240 e. The van der Waals surface area contributed by atoms with E-state index in [4.69, 9.17) is 4.74 Å². The number of piperidine rings is 3. The van der Waals surface area contributed by atoms with Gasteiger partial charge in [-0.1, -0.05) is 13.8 Å². The van der Waals surface area contributed by atoms with Crippen molar-refractivity contribution in [3.8, 4) is 5.75 Å². The molecular formula is C20H33N3O3S. The van der Waals surface area contributed by atoms with Crippen LogP contribution < -0.4 is 9.46 Å². The third-order valence-electron chi connectivity index (χ3n) is 6.28. The Balaban J connectivity index is 1.56. The Bertz CT molecular complexity index is 704. The molecule has 0 radical (unpaired) electrons. The minimum absolute atomic E-state index is 0.290. The maximum absolute atomic E-state index is 12.6. The summed E-state index contributed by atoms with van der Waals surface area (Å²) >= 11 is 0. The van der Waals surface area contributed by atoms with E-state index < -0.39 is 10.0 Å². The Morgan fingerprint density at radius 1 is 1.22 bits per heavy atom. The minimum atomic E-state index is -3.48. The zero-order valence-corrected chi connectivity index (χ0v) is 17.5. The Kier molecular flexibility index (Phi) is 6.78. The summed E-state index contributed by atoms with van der Waals surface area (Å²) in [5, 5.41) is 0. The molecule has 152 valence electrons. The maximum Gasteiger partial charge on any atom is 0.240 e. The zero-order valence-electron chi connectivity index (χ0n) is 16.7. The average Bonchev–Trinajstić information content (AvgIpc) is 2.71. The average molecular weight is 396 g/mol. The molecule has 1 unspecified atom stereocenters. The first-order valence-corrected chi connectivity index (χ1v) is 11.5. The van der Waals surface area contributed by atoms with Crippen LogP contribution >= 0.6 is 0 Å². The van der Waals surface area contributed by atoms with Gasteiger partial charge in [0.2, 0.25) is 10.0 Å². The van der Waals surface area contributed by atoms with E-state index in [0.717, 1.165) is 32.6 Å². The Morgan fingerprint density at radius 3 is 2.48 bits per heavy atom. The number of nitrogens with one attached hydrogen (secondary N) is 1. The van der Waals surface area contributed by atoms with Crippen LogP contribution in [-0.4, -0.2) is 70.6 Å². The highest BCUT2D eigenvalue weighted by Crippen LogP contribution is 2.36. The van der Waals surface area contributed by atoms with E-state index in [1.165, 1.54) is 13.0 Å². The molecule has 0 aromatic heterocycles. The molecule has 1 aromatic rings. The molecule has 0 amide bonds. The molecule has 3 aliphatic heterocycles. The molecule has 0 spiro atoms. The van der Waals surface area contributed by atoms with Crippen LogP contribution in [0, 0.1) is 11.8 Å². The van der Waals surface area contributed by atoms with Gasteiger partial charge in [-0.15, -0.1) is 0 Å². The number of nitrogens with zero attached hydrogens (tertiary/aromatic N) is 2. The number of methoxy groups -OCH3 is 1. The lowest BCUT2D eigenvalue weighted by atomic mass is 9.75. The van der Waals surface area contributed by atoms with Gasteiger partial charge in [-0.3, -0.25) is 4.90 Å². The molecule has 2 bridgehead atoms. The van der Waals surface area contributed by atoms with Crippen molar-refractivity contribution in [3.05, 3.63) is 24.3 Å². The lowest BCUT2D eigenvalue weighted by Crippen LogP contribution is -2.58. The third-order valence-corrected chi connectivity index (χ3v) is 7.72. The van der Waals surface area contributed by atoms with Crippen molar-refractivity contribution in [1.29, 1.82) is 0 Å². The molecule has 6 nitrogen and oxygen atoms in total. The number of ether oxygens (including phenoxy) is 1. The van der Waals surface area contributed by atoms with Crippen LogP contribution in [0.4, 0.5) is 0 Å². The highest BCUT2D eigenvalue weighted by atomic mass is 32.2. The fourth-order valence-corrected chi connectivity index (χ4v) is 5.60. The molecule has 4 atom stereocenters. The predicted octanol–water partition coefficient (Wildman–Crippen LogP) is 2.03. The first-order valence-electron chi connectivity index (χ1n) is 10.1. The van der Waals surface area contributed by atoms with Crippen molar-refractivity contribution >= 4 is 10.0 Å². The summed E-state index contributed by atoms with van der Waals surface area (Å²) in [6, 6.07) is 6.85. The summed E-state index contributed by atoms with van der Waals surface area (Å²) in [5.41, 5.74) is 0. The van der Waals surface area contributed by atoms with Crippen LogP contribution in [-0.2, 0) is 10.0 Å². The van der Waals surface area contributed by atoms with E-state index in [0.29, 0.717) is 35.1 Å². The molecule has 3 heterocycles. The van der Waals surface area contributed by atoms with Gasteiger partial charge >= 0.3 is 0 Å². The van der Waals surface area contributed by atoms with E-state index in [1.807, 2.05) is 0 Å². The molecule has 3 aliphatic rings. The van der Waals surface area contributed by atoms with Gasteiger partial charge in [0.1, 0.15) is 5.75 Å². The standard InChI is InChI=1S/C20H33N3O3S/c1-4-22(5-2)14-17-15-23-11-10-16(17)12-18(23)13-21-27(24,25)20-8-6-19(26-3)7-9-20/h6-9,16-18,21H,4-5,10-15H2,1-3H3/t16-,17-,18+/m0/s1. The van der Waals surface area contributed by atoms with Crippen molar-refractivity contribution in [1.82, 2.24) is 14.5 Å². The minimum Gasteiger partial charge on any atom is -0.497 e. The first kappa shape index (κ1) is 20.6. The summed E-state index contributed by atoms with van der Waals surface area (Å²) in [6.07, 6.45) is 2.34. The van der Waals surface area contributed by atoms with Crippen LogP contribution in [0.1, 0.15) is 26.7 Å². The fourth-order valence-electron chi connectivity index (χ4n) is 4.53. The number of hydrogen-bond donors (Lipinski definition) is 1. The Hall–Kier alpha value is -1.15. The lowest BCUT2D eigenvalue weighted by molar-refractivity contribution is -0.00911. The summed E-state index contributed by atoms with van der Waals surface area (Å²) in [4.78, 5) is 5.29. The van der Waals surface area contributed by atoms with Crippen LogP contribution in [0.15, 0.2) is 29.2 Å². The van der Waals surface area contributed by atoms with Gasteiger partial charge in [0.15, 0.2) is 0 Å². The van der Waals surface area contributed by atoms with Crippen molar-refractivity contribution < 1.29 is 13.2 Å². The molecule has 27 heavy (non-hydrogen) atoms. The van der Waals surface area contributed by atoms with Crippen LogP contribution in [0.5, 0.6) is 5.75 Å². The molecule has 0 saturated carbocycles. The van der Waals surface area contributed by atoms with Gasteiger partial charge in [0, 0.05) is 25.7 Å². The summed E-state index contributed by atoms with van der Waals surface area (Å²) in [6.45, 7) is 10.5. The Labute approximate surface area is 163 Å². The molecule has 1 aromatic carbocycles. The van der Waals surface area contributed by atoms with Crippen molar-refractivity contribution in [2.45, 2.75) is 37.6 Å². The molecule has 0 aliphatic carbocycles. The number of benzene rings is 1. The fraction of sp³-hybridized carbons (Fsp3) is 0.700. The SMILES string of the molecule is CCN(CC)C[C@H]1CN2CC[C@H]1C[C@@H]2CNS(=O)(=O)c1ccc(OC)cc1. The van der Waals surface area contributed by atoms with Gasteiger partial charge in [0.25, 0.3) is 0 Å². The molecular weight excluding hydrogens is 362 g/mol. The maximum atomic E-state index is 12.6. The van der Waals surface area contributed by atoms with Crippen molar-refractivity contribution in [3.63, 3.8) is 0 Å². The van der Waals surface area contributed by atoms with Crippen LogP contribution in [0.25, 0.3) is 0 Å². The van der Waals surface area contributed by atoms with Crippen LogP contribution in [0.2, 0.25) is 0 Å². The van der Waals surface area contributed by atoms with Crippen molar-refractivity contribution in [2.75, 3.05) is 46.4 Å². The van der Waals surface area contributed by atoms with E-state index in [1.54, 1.807) is 31.4 Å². The molecule has 7 heteroatoms. The number of rotatable bonds is 9. The first-order chi connectivity index (χ1) is 13.0. The monoisotopic (exact) mass is 395 g/mol.